The van der Waals surface area contributed by atoms with Gasteiger partial charge in [-0.05, 0) is 46.1 Å². The maximum atomic E-state index is 14.0. The Hall–Kier alpha value is -2.20. The molecule has 2 fully saturated rings. The van der Waals surface area contributed by atoms with Crippen LogP contribution in [0.5, 0.6) is 0 Å². The minimum absolute atomic E-state index is 0.166. The van der Waals surface area contributed by atoms with E-state index in [-0.39, 0.29) is 23.9 Å². The lowest BCUT2D eigenvalue weighted by Crippen LogP contribution is -2.59. The van der Waals surface area contributed by atoms with Crippen LogP contribution in [-0.4, -0.2) is 38.8 Å². The minimum atomic E-state index is -1.27. The molecule has 3 heterocycles. The van der Waals surface area contributed by atoms with E-state index in [2.05, 4.69) is 4.98 Å². The lowest BCUT2D eigenvalue weighted by molar-refractivity contribution is -0.0967. The van der Waals surface area contributed by atoms with Gasteiger partial charge < -0.3 is 14.7 Å². The van der Waals surface area contributed by atoms with Gasteiger partial charge in [0.15, 0.2) is 11.5 Å². The molecule has 0 radical (unpaired) electrons. The smallest absolute Gasteiger partial charge is 0.410 e. The zero-order valence-electron chi connectivity index (χ0n) is 15.3. The molecule has 1 aromatic rings. The number of pyridine rings is 1. The largest absolute Gasteiger partial charge is 0.444 e. The summed E-state index contributed by atoms with van der Waals surface area (Å²) in [5.74, 6) is -0.738. The average molecular weight is 361 g/mol. The number of aromatic nitrogens is 1. The van der Waals surface area contributed by atoms with E-state index in [1.807, 2.05) is 20.8 Å². The van der Waals surface area contributed by atoms with Crippen molar-refractivity contribution in [3.63, 3.8) is 0 Å². The summed E-state index contributed by atoms with van der Waals surface area (Å²) in [6, 6.07) is 2.54. The van der Waals surface area contributed by atoms with Crippen molar-refractivity contribution >= 4 is 6.09 Å². The van der Waals surface area contributed by atoms with Crippen molar-refractivity contribution in [3.05, 3.63) is 29.3 Å². The fraction of sp³-hybridized carbons (Fsp3) is 0.632. The van der Waals surface area contributed by atoms with E-state index in [0.717, 1.165) is 19.3 Å². The van der Waals surface area contributed by atoms with Crippen LogP contribution >= 0.6 is 0 Å². The number of nitrogens with zero attached hydrogens (tertiary/aromatic N) is 3. The van der Waals surface area contributed by atoms with Gasteiger partial charge in [0.25, 0.3) is 0 Å². The fourth-order valence-corrected chi connectivity index (χ4v) is 4.05. The predicted octanol–water partition coefficient (Wildman–Crippen LogP) is 3.23. The van der Waals surface area contributed by atoms with Crippen molar-refractivity contribution in [3.8, 4) is 6.07 Å². The lowest BCUT2D eigenvalue weighted by atomic mass is 9.73. The van der Waals surface area contributed by atoms with E-state index in [4.69, 9.17) is 10.00 Å². The van der Waals surface area contributed by atoms with Crippen molar-refractivity contribution in [2.75, 3.05) is 0 Å². The number of ether oxygens (including phenoxy) is 1. The third kappa shape index (κ3) is 3.51. The second-order valence-corrected chi connectivity index (χ2v) is 8.23. The van der Waals surface area contributed by atoms with Gasteiger partial charge in [-0.15, -0.1) is 0 Å². The molecule has 1 aromatic heterocycles. The van der Waals surface area contributed by atoms with E-state index >= 15 is 0 Å². The number of halogens is 1. The summed E-state index contributed by atoms with van der Waals surface area (Å²) in [7, 11) is 0. The number of hydrogen-bond donors (Lipinski definition) is 1. The van der Waals surface area contributed by atoms with Crippen LogP contribution in [0.15, 0.2) is 12.3 Å². The quantitative estimate of drug-likeness (QED) is 0.830. The van der Waals surface area contributed by atoms with Crippen molar-refractivity contribution in [2.24, 2.45) is 0 Å². The molecule has 0 aliphatic carbocycles. The zero-order chi connectivity index (χ0) is 19.1. The van der Waals surface area contributed by atoms with Crippen LogP contribution in [0.25, 0.3) is 0 Å². The van der Waals surface area contributed by atoms with Gasteiger partial charge in [0.05, 0.1) is 5.60 Å². The summed E-state index contributed by atoms with van der Waals surface area (Å²) >= 11 is 0. The topological polar surface area (TPSA) is 86.4 Å². The number of fused-ring (bicyclic) bond motifs is 2. The van der Waals surface area contributed by atoms with E-state index < -0.39 is 17.0 Å². The molecule has 2 bridgehead atoms. The summed E-state index contributed by atoms with van der Waals surface area (Å²) in [6.07, 6.45) is 4.11. The number of nitriles is 1. The van der Waals surface area contributed by atoms with Gasteiger partial charge in [-0.25, -0.2) is 14.2 Å². The Balaban J connectivity index is 1.86. The summed E-state index contributed by atoms with van der Waals surface area (Å²) in [5.41, 5.74) is -1.78. The second-order valence-electron chi connectivity index (χ2n) is 8.23. The van der Waals surface area contributed by atoms with Crippen LogP contribution in [0.2, 0.25) is 0 Å². The van der Waals surface area contributed by atoms with Gasteiger partial charge in [-0.3, -0.25) is 0 Å². The molecule has 26 heavy (non-hydrogen) atoms. The van der Waals surface area contributed by atoms with Crippen molar-refractivity contribution in [1.29, 1.82) is 5.26 Å². The predicted molar refractivity (Wildman–Crippen MR) is 91.5 cm³/mol. The first-order valence-electron chi connectivity index (χ1n) is 8.93. The van der Waals surface area contributed by atoms with E-state index in [9.17, 15) is 14.3 Å². The molecule has 2 atom stereocenters. The normalized spacial score (nSPS) is 28.4. The Morgan fingerprint density at radius 2 is 2.04 bits per heavy atom. The average Bonchev–Trinajstić information content (AvgIpc) is 2.52. The highest BCUT2D eigenvalue weighted by Gasteiger charge is 2.49. The third-order valence-electron chi connectivity index (χ3n) is 5.10. The Bertz CT molecular complexity index is 739. The Morgan fingerprint density at radius 1 is 1.42 bits per heavy atom. The summed E-state index contributed by atoms with van der Waals surface area (Å²) in [4.78, 5) is 18.2. The first kappa shape index (κ1) is 18.6. The molecular weight excluding hydrogens is 337 g/mol. The van der Waals surface area contributed by atoms with Crippen LogP contribution in [0.4, 0.5) is 9.18 Å². The molecule has 1 amide bonds. The van der Waals surface area contributed by atoms with Crippen molar-refractivity contribution in [1.82, 2.24) is 9.88 Å². The molecule has 2 unspecified atom stereocenters. The van der Waals surface area contributed by atoms with Gasteiger partial charge in [-0.2, -0.15) is 5.26 Å². The number of carbonyl (C=O) groups is 1. The van der Waals surface area contributed by atoms with Crippen LogP contribution in [0.1, 0.15) is 64.1 Å². The van der Waals surface area contributed by atoms with Gasteiger partial charge >= 0.3 is 6.09 Å². The number of piperidine rings is 2. The van der Waals surface area contributed by atoms with Crippen LogP contribution in [-0.2, 0) is 10.3 Å². The molecule has 0 saturated carbocycles. The Kier molecular flexibility index (Phi) is 4.65. The summed E-state index contributed by atoms with van der Waals surface area (Å²) in [6.45, 7) is 5.48. The highest BCUT2D eigenvalue weighted by atomic mass is 19.1. The third-order valence-corrected chi connectivity index (χ3v) is 5.10. The number of carbonyl (C=O) groups excluding carboxylic acids is 1. The lowest BCUT2D eigenvalue weighted by Gasteiger charge is -2.51. The van der Waals surface area contributed by atoms with Crippen LogP contribution in [0.3, 0.4) is 0 Å². The Labute approximate surface area is 152 Å². The number of rotatable bonds is 1. The monoisotopic (exact) mass is 361 g/mol. The SMILES string of the molecule is CC(C)(C)OC(=O)N1C2CCCC1CC(O)(c1cnc(C#N)c(F)c1)C2. The molecule has 1 N–H and O–H groups in total. The maximum Gasteiger partial charge on any atom is 0.410 e. The molecule has 3 rings (SSSR count). The molecule has 140 valence electrons. The van der Waals surface area contributed by atoms with Gasteiger partial charge in [0.2, 0.25) is 0 Å². The molecular formula is C19H24FN3O3. The molecule has 2 aliphatic heterocycles. The minimum Gasteiger partial charge on any atom is -0.444 e. The standard InChI is InChI=1S/C19H24FN3O3/c1-18(2,3)26-17(24)23-13-5-4-6-14(23)9-19(25,8-13)12-7-15(20)16(10-21)22-11-12/h7,11,13-14,25H,4-6,8-9H2,1-3H3. The first-order valence-corrected chi connectivity index (χ1v) is 8.93. The van der Waals surface area contributed by atoms with Crippen LogP contribution < -0.4 is 0 Å². The van der Waals surface area contributed by atoms with Gasteiger partial charge in [0, 0.05) is 36.7 Å². The molecule has 2 aliphatic rings. The molecule has 6 nitrogen and oxygen atoms in total. The summed E-state index contributed by atoms with van der Waals surface area (Å²) in [5, 5.41) is 20.0. The highest BCUT2D eigenvalue weighted by molar-refractivity contribution is 5.69. The molecule has 0 aromatic carbocycles. The van der Waals surface area contributed by atoms with E-state index in [1.165, 1.54) is 12.3 Å². The van der Waals surface area contributed by atoms with Gasteiger partial charge in [0.1, 0.15) is 11.7 Å². The molecule has 0 spiro atoms. The molecule has 2 saturated heterocycles. The number of amides is 1. The van der Waals surface area contributed by atoms with Crippen molar-refractivity contribution < 1.29 is 19.0 Å². The van der Waals surface area contributed by atoms with E-state index in [1.54, 1.807) is 11.0 Å². The van der Waals surface area contributed by atoms with Crippen molar-refractivity contribution in [2.45, 2.75) is 76.2 Å². The Morgan fingerprint density at radius 3 is 2.54 bits per heavy atom. The second kappa shape index (κ2) is 6.51. The first-order chi connectivity index (χ1) is 12.1. The molecule has 7 heteroatoms. The fourth-order valence-electron chi connectivity index (χ4n) is 4.05. The highest BCUT2D eigenvalue weighted by Crippen LogP contribution is 2.44. The van der Waals surface area contributed by atoms with E-state index in [0.29, 0.717) is 18.4 Å². The number of hydrogen-bond acceptors (Lipinski definition) is 5. The summed E-state index contributed by atoms with van der Waals surface area (Å²) < 4.78 is 19.5. The van der Waals surface area contributed by atoms with Gasteiger partial charge in [-0.1, -0.05) is 0 Å². The number of aliphatic hydroxyl groups is 1. The van der Waals surface area contributed by atoms with Crippen LogP contribution in [0, 0.1) is 17.1 Å². The zero-order valence-corrected chi connectivity index (χ0v) is 15.3. The maximum absolute atomic E-state index is 14.0.